The summed E-state index contributed by atoms with van der Waals surface area (Å²) in [7, 11) is 0. The number of carbonyl (C=O) groups excluding carboxylic acids is 1. The number of nitrogen functional groups attached to an aromatic ring is 1. The van der Waals surface area contributed by atoms with E-state index in [-0.39, 0.29) is 17.4 Å². The van der Waals surface area contributed by atoms with Gasteiger partial charge in [0.15, 0.2) is 0 Å². The zero-order valence-electron chi connectivity index (χ0n) is 13.8. The van der Waals surface area contributed by atoms with Gasteiger partial charge >= 0.3 is 0 Å². The molecule has 1 aromatic carbocycles. The van der Waals surface area contributed by atoms with Crippen LogP contribution in [0, 0.1) is 11.3 Å². The second-order valence-corrected chi connectivity index (χ2v) is 8.49. The number of rotatable bonds is 4. The van der Waals surface area contributed by atoms with Crippen LogP contribution < -0.4 is 11.1 Å². The molecule has 122 valence electrons. The number of Topliss-reactive ketones (excluding diaryl/α,β-unsaturated/α-hetero) is 1. The molecule has 0 bridgehead atoms. The Morgan fingerprint density at radius 3 is 2.64 bits per heavy atom. The molecular formula is C18H27BrN2O. The van der Waals surface area contributed by atoms with Gasteiger partial charge in [0.2, 0.25) is 0 Å². The average molecular weight is 367 g/mol. The van der Waals surface area contributed by atoms with E-state index in [1.807, 2.05) is 18.2 Å². The summed E-state index contributed by atoms with van der Waals surface area (Å²) >= 11 is 3.43. The third kappa shape index (κ3) is 4.73. The Labute approximate surface area is 142 Å². The van der Waals surface area contributed by atoms with E-state index in [4.69, 9.17) is 5.73 Å². The molecule has 0 heterocycles. The first-order valence-electron chi connectivity index (χ1n) is 8.10. The molecule has 3 nitrogen and oxygen atoms in total. The Morgan fingerprint density at radius 2 is 2.00 bits per heavy atom. The van der Waals surface area contributed by atoms with Gasteiger partial charge in [0.05, 0.1) is 11.4 Å². The van der Waals surface area contributed by atoms with Gasteiger partial charge in [0, 0.05) is 22.9 Å². The zero-order chi connectivity index (χ0) is 16.3. The Bertz CT molecular complexity index is 536. The van der Waals surface area contributed by atoms with Gasteiger partial charge in [-0.15, -0.1) is 0 Å². The molecule has 1 aliphatic carbocycles. The van der Waals surface area contributed by atoms with Crippen LogP contribution in [-0.2, 0) is 4.79 Å². The number of halogens is 1. The second-order valence-electron chi connectivity index (χ2n) is 7.58. The Balaban J connectivity index is 2.11. The van der Waals surface area contributed by atoms with Crippen molar-refractivity contribution in [2.45, 2.75) is 58.9 Å². The molecule has 2 unspecified atom stereocenters. The van der Waals surface area contributed by atoms with Crippen LogP contribution in [0.3, 0.4) is 0 Å². The topological polar surface area (TPSA) is 55.1 Å². The monoisotopic (exact) mass is 366 g/mol. The van der Waals surface area contributed by atoms with E-state index >= 15 is 0 Å². The van der Waals surface area contributed by atoms with Gasteiger partial charge in [-0.2, -0.15) is 0 Å². The van der Waals surface area contributed by atoms with Crippen molar-refractivity contribution in [2.24, 2.45) is 11.3 Å². The number of hydrogen-bond donors (Lipinski definition) is 2. The minimum atomic E-state index is 0.0513. The maximum atomic E-state index is 12.7. The van der Waals surface area contributed by atoms with Crippen LogP contribution in [-0.4, -0.2) is 11.8 Å². The van der Waals surface area contributed by atoms with Gasteiger partial charge in [-0.25, -0.2) is 0 Å². The van der Waals surface area contributed by atoms with Crippen molar-refractivity contribution in [1.82, 2.24) is 0 Å². The van der Waals surface area contributed by atoms with E-state index in [0.29, 0.717) is 12.2 Å². The van der Waals surface area contributed by atoms with Crippen molar-refractivity contribution in [3.8, 4) is 0 Å². The smallest absolute Gasteiger partial charge is 0.138 e. The summed E-state index contributed by atoms with van der Waals surface area (Å²) < 4.78 is 0.972. The molecule has 0 spiro atoms. The molecule has 22 heavy (non-hydrogen) atoms. The molecule has 1 aromatic rings. The van der Waals surface area contributed by atoms with Gasteiger partial charge in [-0.3, -0.25) is 4.79 Å². The lowest BCUT2D eigenvalue weighted by atomic mass is 9.77. The standard InChI is InChI=1S/C18H27BrN2O/c1-18(2,3)11-17(22)13-6-4-5-7-15(13)21-16-9-8-12(19)10-14(16)20/h8-10,13,15,21H,4-7,11,20H2,1-3H3. The summed E-state index contributed by atoms with van der Waals surface area (Å²) in [6.45, 7) is 6.38. The predicted octanol–water partition coefficient (Wildman–Crippen LogP) is 5.01. The van der Waals surface area contributed by atoms with Crippen molar-refractivity contribution in [2.75, 3.05) is 11.1 Å². The van der Waals surface area contributed by atoms with E-state index in [1.54, 1.807) is 0 Å². The van der Waals surface area contributed by atoms with Crippen molar-refractivity contribution in [1.29, 1.82) is 0 Å². The van der Waals surface area contributed by atoms with Crippen molar-refractivity contribution in [3.63, 3.8) is 0 Å². The molecule has 0 aromatic heterocycles. The molecule has 4 heteroatoms. The highest BCUT2D eigenvalue weighted by molar-refractivity contribution is 9.10. The van der Waals surface area contributed by atoms with E-state index in [0.717, 1.165) is 35.1 Å². The zero-order valence-corrected chi connectivity index (χ0v) is 15.4. The van der Waals surface area contributed by atoms with Gasteiger partial charge in [0.1, 0.15) is 5.78 Å². The molecule has 2 atom stereocenters. The quantitative estimate of drug-likeness (QED) is 0.736. The normalized spacial score (nSPS) is 22.4. The van der Waals surface area contributed by atoms with Gasteiger partial charge in [0.25, 0.3) is 0 Å². The van der Waals surface area contributed by atoms with E-state index in [9.17, 15) is 4.79 Å². The minimum Gasteiger partial charge on any atom is -0.397 e. The SMILES string of the molecule is CC(C)(C)CC(=O)C1CCCCC1Nc1ccc(Br)cc1N. The summed E-state index contributed by atoms with van der Waals surface area (Å²) in [5.74, 6) is 0.497. The highest BCUT2D eigenvalue weighted by atomic mass is 79.9. The molecular weight excluding hydrogens is 340 g/mol. The third-order valence-corrected chi connectivity index (χ3v) is 4.73. The fourth-order valence-corrected chi connectivity index (χ4v) is 3.59. The van der Waals surface area contributed by atoms with Crippen LogP contribution in [0.1, 0.15) is 52.9 Å². The van der Waals surface area contributed by atoms with E-state index in [1.165, 1.54) is 6.42 Å². The van der Waals surface area contributed by atoms with Crippen molar-refractivity contribution >= 4 is 33.1 Å². The van der Waals surface area contributed by atoms with Crippen LogP contribution in [0.5, 0.6) is 0 Å². The van der Waals surface area contributed by atoms with Crippen molar-refractivity contribution in [3.05, 3.63) is 22.7 Å². The van der Waals surface area contributed by atoms with Crippen LogP contribution >= 0.6 is 15.9 Å². The number of nitrogens with one attached hydrogen (secondary N) is 1. The second kappa shape index (κ2) is 7.03. The summed E-state index contributed by atoms with van der Waals surface area (Å²) in [5, 5.41) is 3.53. The number of benzene rings is 1. The highest BCUT2D eigenvalue weighted by Gasteiger charge is 2.32. The van der Waals surface area contributed by atoms with Crippen LogP contribution in [0.15, 0.2) is 22.7 Å². The van der Waals surface area contributed by atoms with Gasteiger partial charge in [-0.1, -0.05) is 49.5 Å². The molecule has 1 fully saturated rings. The lowest BCUT2D eigenvalue weighted by molar-refractivity contribution is -0.125. The summed E-state index contributed by atoms with van der Waals surface area (Å²) in [6.07, 6.45) is 4.99. The maximum absolute atomic E-state index is 12.7. The number of ketones is 1. The molecule has 0 saturated heterocycles. The van der Waals surface area contributed by atoms with Gasteiger partial charge < -0.3 is 11.1 Å². The van der Waals surface area contributed by atoms with Crippen LogP contribution in [0.4, 0.5) is 11.4 Å². The molecule has 3 N–H and O–H groups in total. The first-order chi connectivity index (χ1) is 10.3. The fraction of sp³-hybridized carbons (Fsp3) is 0.611. The lowest BCUT2D eigenvalue weighted by Crippen LogP contribution is -2.38. The Morgan fingerprint density at radius 1 is 1.32 bits per heavy atom. The fourth-order valence-electron chi connectivity index (χ4n) is 3.21. The summed E-state index contributed by atoms with van der Waals surface area (Å²) in [5.41, 5.74) is 7.79. The Kier molecular flexibility index (Phi) is 5.54. The first-order valence-corrected chi connectivity index (χ1v) is 8.90. The number of anilines is 2. The summed E-state index contributed by atoms with van der Waals surface area (Å²) in [6, 6.07) is 6.07. The van der Waals surface area contributed by atoms with Crippen LogP contribution in [0.25, 0.3) is 0 Å². The maximum Gasteiger partial charge on any atom is 0.138 e. The summed E-state index contributed by atoms with van der Waals surface area (Å²) in [4.78, 5) is 12.7. The van der Waals surface area contributed by atoms with Crippen LogP contribution in [0.2, 0.25) is 0 Å². The predicted molar refractivity (Wildman–Crippen MR) is 97.0 cm³/mol. The molecule has 0 amide bonds. The van der Waals surface area contributed by atoms with E-state index in [2.05, 4.69) is 42.0 Å². The largest absolute Gasteiger partial charge is 0.397 e. The highest BCUT2D eigenvalue weighted by Crippen LogP contribution is 2.33. The Hall–Kier alpha value is -1.03. The van der Waals surface area contributed by atoms with Gasteiger partial charge in [-0.05, 0) is 36.5 Å². The molecule has 0 aliphatic heterocycles. The lowest BCUT2D eigenvalue weighted by Gasteiger charge is -2.33. The average Bonchev–Trinajstić information content (AvgIpc) is 2.40. The number of nitrogens with two attached hydrogens (primary N) is 1. The van der Waals surface area contributed by atoms with Crippen molar-refractivity contribution < 1.29 is 4.79 Å². The first kappa shape index (κ1) is 17.3. The minimum absolute atomic E-state index is 0.0513. The van der Waals surface area contributed by atoms with E-state index < -0.39 is 0 Å². The molecule has 1 aliphatic rings. The number of carbonyl (C=O) groups is 1. The molecule has 2 rings (SSSR count). The third-order valence-electron chi connectivity index (χ3n) is 4.24. The molecule has 0 radical (unpaired) electrons. The number of hydrogen-bond acceptors (Lipinski definition) is 3. The molecule has 1 saturated carbocycles.